The van der Waals surface area contributed by atoms with Crippen LogP contribution >= 0.6 is 0 Å². The zero-order valence-electron chi connectivity index (χ0n) is 14.7. The van der Waals surface area contributed by atoms with Crippen LogP contribution < -0.4 is 11.2 Å². The number of carbonyl (C=O) groups is 1. The van der Waals surface area contributed by atoms with Gasteiger partial charge in [0.05, 0.1) is 22.1 Å². The van der Waals surface area contributed by atoms with E-state index in [0.29, 0.717) is 19.4 Å². The van der Waals surface area contributed by atoms with E-state index in [-0.39, 0.29) is 33.8 Å². The molecule has 10 heteroatoms. The van der Waals surface area contributed by atoms with Gasteiger partial charge in [0, 0.05) is 19.0 Å². The van der Waals surface area contributed by atoms with Gasteiger partial charge in [-0.2, -0.15) is 4.31 Å². The number of nitrogens with zero attached hydrogens (tertiary/aromatic N) is 1. The van der Waals surface area contributed by atoms with Gasteiger partial charge in [0.2, 0.25) is 10.0 Å². The fraction of sp³-hybridized carbons (Fsp3) is 0.278. The maximum absolute atomic E-state index is 13.1. The molecule has 0 saturated carbocycles. The Morgan fingerprint density at radius 3 is 2.79 bits per heavy atom. The van der Waals surface area contributed by atoms with Gasteiger partial charge in [-0.1, -0.05) is 0 Å². The van der Waals surface area contributed by atoms with Crippen molar-refractivity contribution in [2.75, 3.05) is 6.54 Å². The Hall–Kier alpha value is -2.98. The van der Waals surface area contributed by atoms with Crippen molar-refractivity contribution in [3.8, 4) is 0 Å². The molecule has 0 unspecified atom stereocenters. The van der Waals surface area contributed by atoms with Crippen LogP contribution in [-0.4, -0.2) is 41.1 Å². The number of ketones is 1. The van der Waals surface area contributed by atoms with Gasteiger partial charge in [0.25, 0.3) is 5.56 Å². The molecule has 0 radical (unpaired) electrons. The van der Waals surface area contributed by atoms with Crippen molar-refractivity contribution in [3.63, 3.8) is 0 Å². The molecule has 1 aliphatic heterocycles. The molecule has 9 nitrogen and oxygen atoms in total. The Labute approximate surface area is 159 Å². The van der Waals surface area contributed by atoms with Gasteiger partial charge in [-0.25, -0.2) is 13.2 Å². The van der Waals surface area contributed by atoms with E-state index < -0.39 is 27.3 Å². The van der Waals surface area contributed by atoms with Gasteiger partial charge in [0.15, 0.2) is 11.5 Å². The van der Waals surface area contributed by atoms with E-state index in [1.54, 1.807) is 12.1 Å². The predicted molar refractivity (Wildman–Crippen MR) is 99.8 cm³/mol. The van der Waals surface area contributed by atoms with E-state index in [1.165, 1.54) is 28.8 Å². The Morgan fingerprint density at radius 2 is 2.04 bits per heavy atom. The number of carbonyl (C=O) groups excluding carboxylic acids is 1. The number of sulfonamides is 1. The highest BCUT2D eigenvalue weighted by molar-refractivity contribution is 7.89. The number of benzene rings is 1. The first kappa shape index (κ1) is 18.4. The topological polar surface area (TPSA) is 133 Å². The number of hydrogen-bond donors (Lipinski definition) is 2. The van der Waals surface area contributed by atoms with Crippen LogP contribution in [0.3, 0.4) is 0 Å². The van der Waals surface area contributed by atoms with Crippen LogP contribution in [0.2, 0.25) is 0 Å². The Kier molecular flexibility index (Phi) is 4.52. The highest BCUT2D eigenvalue weighted by Gasteiger charge is 2.37. The zero-order valence-corrected chi connectivity index (χ0v) is 15.5. The lowest BCUT2D eigenvalue weighted by Crippen LogP contribution is -2.37. The summed E-state index contributed by atoms with van der Waals surface area (Å²) in [6, 6.07) is 6.64. The molecule has 0 spiro atoms. The molecular formula is C18H17N3O6S. The van der Waals surface area contributed by atoms with E-state index in [9.17, 15) is 22.8 Å². The highest BCUT2D eigenvalue weighted by Crippen LogP contribution is 2.29. The standard InChI is InChI=1S/C18H17N3O6S/c22-15(16-4-2-8-27-16)9-11-3-1-7-21(11)28(25,26)12-5-6-14-13(10-12)17(23)20-18(24)19-14/h2,4-6,8,10-11H,1,3,7,9H2,(H2,19,20,23,24)/t11-/m1/s1. The molecule has 0 bridgehead atoms. The fourth-order valence-corrected chi connectivity index (χ4v) is 5.24. The minimum Gasteiger partial charge on any atom is -0.461 e. The van der Waals surface area contributed by atoms with E-state index in [4.69, 9.17) is 4.42 Å². The molecule has 1 atom stereocenters. The number of furan rings is 1. The summed E-state index contributed by atoms with van der Waals surface area (Å²) in [7, 11) is -3.91. The van der Waals surface area contributed by atoms with Crippen molar-refractivity contribution in [1.82, 2.24) is 14.3 Å². The van der Waals surface area contributed by atoms with Crippen molar-refractivity contribution >= 4 is 26.7 Å². The molecule has 3 aromatic rings. The summed E-state index contributed by atoms with van der Waals surface area (Å²) >= 11 is 0. The van der Waals surface area contributed by atoms with Crippen LogP contribution in [0.4, 0.5) is 0 Å². The summed E-state index contributed by atoms with van der Waals surface area (Å²) in [6.45, 7) is 0.290. The van der Waals surface area contributed by atoms with Gasteiger partial charge in [-0.05, 0) is 43.2 Å². The van der Waals surface area contributed by atoms with E-state index in [0.717, 1.165) is 0 Å². The molecule has 0 amide bonds. The number of hydrogen-bond acceptors (Lipinski definition) is 6. The molecule has 3 heterocycles. The van der Waals surface area contributed by atoms with Crippen molar-refractivity contribution in [2.45, 2.75) is 30.2 Å². The number of rotatable bonds is 5. The number of nitrogens with one attached hydrogen (secondary N) is 2. The van der Waals surface area contributed by atoms with Crippen molar-refractivity contribution in [1.29, 1.82) is 0 Å². The van der Waals surface area contributed by atoms with Crippen molar-refractivity contribution < 1.29 is 17.6 Å². The molecule has 1 saturated heterocycles. The molecule has 1 aromatic carbocycles. The van der Waals surface area contributed by atoms with Gasteiger partial charge < -0.3 is 9.40 Å². The quantitative estimate of drug-likeness (QED) is 0.616. The van der Waals surface area contributed by atoms with Crippen molar-refractivity contribution in [3.05, 3.63) is 63.2 Å². The summed E-state index contributed by atoms with van der Waals surface area (Å²) < 4.78 is 32.7. The number of aromatic nitrogens is 2. The number of aromatic amines is 2. The molecule has 2 aromatic heterocycles. The van der Waals surface area contributed by atoms with E-state index in [2.05, 4.69) is 9.97 Å². The smallest absolute Gasteiger partial charge is 0.326 e. The number of H-pyrrole nitrogens is 2. The predicted octanol–water partition coefficient (Wildman–Crippen LogP) is 1.24. The second-order valence-corrected chi connectivity index (χ2v) is 8.52. The van der Waals surface area contributed by atoms with E-state index >= 15 is 0 Å². The van der Waals surface area contributed by atoms with Crippen LogP contribution in [0.25, 0.3) is 10.9 Å². The first-order valence-corrected chi connectivity index (χ1v) is 10.2. The highest BCUT2D eigenvalue weighted by atomic mass is 32.2. The summed E-state index contributed by atoms with van der Waals surface area (Å²) in [5.41, 5.74) is -1.08. The fourth-order valence-electron chi connectivity index (χ4n) is 3.52. The molecule has 2 N–H and O–H groups in total. The third-order valence-electron chi connectivity index (χ3n) is 4.86. The third kappa shape index (κ3) is 3.20. The number of Topliss-reactive ketones (excluding diaryl/α,β-unsaturated/α-hetero) is 1. The van der Waals surface area contributed by atoms with Crippen LogP contribution in [0.1, 0.15) is 29.8 Å². The van der Waals surface area contributed by atoms with Crippen LogP contribution in [0, 0.1) is 0 Å². The minimum atomic E-state index is -3.91. The van der Waals surface area contributed by atoms with Crippen LogP contribution in [0.15, 0.2) is 55.5 Å². The lowest BCUT2D eigenvalue weighted by atomic mass is 10.1. The molecule has 1 aliphatic rings. The summed E-state index contributed by atoms with van der Waals surface area (Å²) in [6.07, 6.45) is 2.62. The Morgan fingerprint density at radius 1 is 1.21 bits per heavy atom. The molecule has 28 heavy (non-hydrogen) atoms. The Balaban J connectivity index is 1.67. The monoisotopic (exact) mass is 403 g/mol. The average molecular weight is 403 g/mol. The normalized spacial score (nSPS) is 17.9. The zero-order chi connectivity index (χ0) is 19.9. The van der Waals surface area contributed by atoms with Gasteiger partial charge in [-0.15, -0.1) is 0 Å². The molecule has 4 rings (SSSR count). The van der Waals surface area contributed by atoms with E-state index in [1.807, 2.05) is 0 Å². The van der Waals surface area contributed by atoms with Crippen LogP contribution in [0.5, 0.6) is 0 Å². The Bertz CT molecular complexity index is 1260. The van der Waals surface area contributed by atoms with Crippen molar-refractivity contribution in [2.24, 2.45) is 0 Å². The summed E-state index contributed by atoms with van der Waals surface area (Å²) in [5, 5.41) is 0.0723. The summed E-state index contributed by atoms with van der Waals surface area (Å²) in [5.74, 6) is -0.0601. The van der Waals surface area contributed by atoms with Gasteiger partial charge in [-0.3, -0.25) is 14.6 Å². The second-order valence-electron chi connectivity index (χ2n) is 6.63. The maximum atomic E-state index is 13.1. The lowest BCUT2D eigenvalue weighted by molar-refractivity contribution is 0.0934. The van der Waals surface area contributed by atoms with Gasteiger partial charge in [0.1, 0.15) is 0 Å². The second kappa shape index (κ2) is 6.88. The maximum Gasteiger partial charge on any atom is 0.326 e. The first-order valence-electron chi connectivity index (χ1n) is 8.71. The van der Waals surface area contributed by atoms with Crippen LogP contribution in [-0.2, 0) is 10.0 Å². The third-order valence-corrected chi connectivity index (χ3v) is 6.81. The minimum absolute atomic E-state index is 0.0221. The molecule has 0 aliphatic carbocycles. The number of fused-ring (bicyclic) bond motifs is 1. The molecule has 1 fully saturated rings. The lowest BCUT2D eigenvalue weighted by Gasteiger charge is -2.23. The largest absolute Gasteiger partial charge is 0.461 e. The first-order chi connectivity index (χ1) is 13.4. The average Bonchev–Trinajstić information content (AvgIpc) is 3.33. The summed E-state index contributed by atoms with van der Waals surface area (Å²) in [4.78, 5) is 40.2. The molecular weight excluding hydrogens is 386 g/mol. The van der Waals surface area contributed by atoms with Gasteiger partial charge >= 0.3 is 5.69 Å². The molecule has 146 valence electrons. The SMILES string of the molecule is O=C(C[C@H]1CCCN1S(=O)(=O)c1ccc2[nH]c(=O)[nH]c(=O)c2c1)c1ccco1.